The quantitative estimate of drug-likeness (QED) is 0.678. The number of nitrogens with zero attached hydrogens (tertiary/aromatic N) is 2. The highest BCUT2D eigenvalue weighted by molar-refractivity contribution is 5.07. The molecule has 1 aromatic rings. The molecule has 0 saturated carbocycles. The maximum atomic E-state index is 5.18. The molecule has 4 heteroatoms. The van der Waals surface area contributed by atoms with Gasteiger partial charge in [-0.2, -0.15) is 0 Å². The van der Waals surface area contributed by atoms with Gasteiger partial charge in [0.1, 0.15) is 6.61 Å². The van der Waals surface area contributed by atoms with Gasteiger partial charge in [0.25, 0.3) is 0 Å². The molecule has 0 bridgehead atoms. The fourth-order valence-corrected chi connectivity index (χ4v) is 0.834. The van der Waals surface area contributed by atoms with Gasteiger partial charge in [0.2, 0.25) is 5.88 Å². The maximum Gasteiger partial charge on any atom is 0.232 e. The van der Waals surface area contributed by atoms with Crippen LogP contribution >= 0.6 is 0 Å². The van der Waals surface area contributed by atoms with E-state index in [0.717, 1.165) is 12.2 Å². The molecule has 0 spiro atoms. The zero-order valence-corrected chi connectivity index (χ0v) is 7.66. The smallest absolute Gasteiger partial charge is 0.232 e. The van der Waals surface area contributed by atoms with Crippen LogP contribution in [0.4, 0.5) is 0 Å². The minimum Gasteiger partial charge on any atom is -0.472 e. The van der Waals surface area contributed by atoms with Gasteiger partial charge < -0.3 is 10.1 Å². The third kappa shape index (κ3) is 3.21. The monoisotopic (exact) mass is 179 g/mol. The number of hydrogen-bond acceptors (Lipinski definition) is 4. The van der Waals surface area contributed by atoms with Gasteiger partial charge in [-0.05, 0) is 7.05 Å². The van der Waals surface area contributed by atoms with E-state index >= 15 is 0 Å². The van der Waals surface area contributed by atoms with E-state index in [0.29, 0.717) is 12.5 Å². The van der Waals surface area contributed by atoms with Crippen LogP contribution in [0.3, 0.4) is 0 Å². The van der Waals surface area contributed by atoms with Gasteiger partial charge in [0, 0.05) is 6.54 Å². The Balaban J connectivity index is 2.53. The molecule has 70 valence electrons. The summed E-state index contributed by atoms with van der Waals surface area (Å²) in [5.41, 5.74) is 0.897. The molecule has 1 rings (SSSR count). The summed E-state index contributed by atoms with van der Waals surface area (Å²) in [6, 6.07) is 0. The second-order valence-electron chi connectivity index (χ2n) is 2.48. The number of rotatable bonds is 5. The lowest BCUT2D eigenvalue weighted by molar-refractivity contribution is 0.346. The molecule has 0 aromatic carbocycles. The Kier molecular flexibility index (Phi) is 3.92. The highest BCUT2D eigenvalue weighted by Crippen LogP contribution is 2.03. The van der Waals surface area contributed by atoms with E-state index in [1.165, 1.54) is 0 Å². The van der Waals surface area contributed by atoms with Gasteiger partial charge in [-0.1, -0.05) is 12.7 Å². The van der Waals surface area contributed by atoms with Crippen molar-refractivity contribution in [1.29, 1.82) is 0 Å². The van der Waals surface area contributed by atoms with Gasteiger partial charge in [-0.15, -0.1) is 0 Å². The first-order valence-corrected chi connectivity index (χ1v) is 4.06. The summed E-state index contributed by atoms with van der Waals surface area (Å²) in [6.45, 7) is 4.71. The molecular weight excluding hydrogens is 166 g/mol. The van der Waals surface area contributed by atoms with E-state index < -0.39 is 0 Å². The van der Waals surface area contributed by atoms with E-state index in [1.807, 2.05) is 7.05 Å². The summed E-state index contributed by atoms with van der Waals surface area (Å²) >= 11 is 0. The van der Waals surface area contributed by atoms with Crippen molar-refractivity contribution in [2.75, 3.05) is 13.7 Å². The molecule has 0 unspecified atom stereocenters. The maximum absolute atomic E-state index is 5.18. The lowest BCUT2D eigenvalue weighted by Crippen LogP contribution is -2.07. The van der Waals surface area contributed by atoms with Crippen LogP contribution < -0.4 is 10.1 Å². The summed E-state index contributed by atoms with van der Waals surface area (Å²) in [6.07, 6.45) is 4.97. The van der Waals surface area contributed by atoms with Crippen LogP contribution in [0.15, 0.2) is 25.0 Å². The molecule has 0 fully saturated rings. The first-order valence-electron chi connectivity index (χ1n) is 4.06. The van der Waals surface area contributed by atoms with Crippen molar-refractivity contribution in [2.24, 2.45) is 0 Å². The van der Waals surface area contributed by atoms with Crippen LogP contribution in [0.2, 0.25) is 0 Å². The Hall–Kier alpha value is -1.42. The molecule has 1 aromatic heterocycles. The van der Waals surface area contributed by atoms with Gasteiger partial charge >= 0.3 is 0 Å². The molecule has 1 heterocycles. The van der Waals surface area contributed by atoms with Crippen molar-refractivity contribution in [3.05, 3.63) is 30.7 Å². The van der Waals surface area contributed by atoms with Crippen molar-refractivity contribution in [3.8, 4) is 5.88 Å². The summed E-state index contributed by atoms with van der Waals surface area (Å²) in [7, 11) is 1.86. The van der Waals surface area contributed by atoms with Crippen LogP contribution in [-0.4, -0.2) is 23.6 Å². The lowest BCUT2D eigenvalue weighted by atomic mass is 10.4. The average Bonchev–Trinajstić information content (AvgIpc) is 2.17. The minimum absolute atomic E-state index is 0.458. The molecule has 0 aliphatic heterocycles. The molecule has 13 heavy (non-hydrogen) atoms. The molecule has 0 aliphatic carbocycles. The molecule has 0 aliphatic rings. The van der Waals surface area contributed by atoms with Crippen LogP contribution in [-0.2, 0) is 6.54 Å². The summed E-state index contributed by atoms with van der Waals surface area (Å²) in [5.74, 6) is 0.528. The molecule has 0 radical (unpaired) electrons. The second-order valence-corrected chi connectivity index (χ2v) is 2.48. The van der Waals surface area contributed by atoms with Crippen LogP contribution in [0.1, 0.15) is 5.69 Å². The molecule has 1 N–H and O–H groups in total. The Labute approximate surface area is 77.7 Å². The predicted octanol–water partition coefficient (Wildman–Crippen LogP) is 0.761. The van der Waals surface area contributed by atoms with Gasteiger partial charge in [0.05, 0.1) is 18.1 Å². The largest absolute Gasteiger partial charge is 0.472 e. The number of hydrogen-bond donors (Lipinski definition) is 1. The Morgan fingerprint density at radius 3 is 2.92 bits per heavy atom. The molecular formula is C9H13N3O. The third-order valence-corrected chi connectivity index (χ3v) is 1.39. The van der Waals surface area contributed by atoms with Crippen LogP contribution in [0.5, 0.6) is 5.88 Å². The molecule has 0 saturated heterocycles. The Morgan fingerprint density at radius 1 is 1.54 bits per heavy atom. The van der Waals surface area contributed by atoms with Crippen molar-refractivity contribution in [3.63, 3.8) is 0 Å². The van der Waals surface area contributed by atoms with E-state index in [9.17, 15) is 0 Å². The predicted molar refractivity (Wildman–Crippen MR) is 50.5 cm³/mol. The van der Waals surface area contributed by atoms with Crippen molar-refractivity contribution >= 4 is 0 Å². The van der Waals surface area contributed by atoms with Gasteiger partial charge in [-0.3, -0.25) is 4.98 Å². The van der Waals surface area contributed by atoms with Gasteiger partial charge in [-0.25, -0.2) is 4.98 Å². The first kappa shape index (κ1) is 9.67. The molecule has 4 nitrogen and oxygen atoms in total. The Bertz CT molecular complexity index is 258. The van der Waals surface area contributed by atoms with Crippen molar-refractivity contribution < 1.29 is 4.74 Å². The summed E-state index contributed by atoms with van der Waals surface area (Å²) < 4.78 is 5.18. The zero-order chi connectivity index (χ0) is 9.52. The highest BCUT2D eigenvalue weighted by Gasteiger charge is 1.95. The third-order valence-electron chi connectivity index (χ3n) is 1.39. The minimum atomic E-state index is 0.458. The summed E-state index contributed by atoms with van der Waals surface area (Å²) in [4.78, 5) is 8.20. The van der Waals surface area contributed by atoms with Crippen LogP contribution in [0, 0.1) is 0 Å². The normalized spacial score (nSPS) is 9.62. The van der Waals surface area contributed by atoms with E-state index in [2.05, 4.69) is 21.9 Å². The molecule has 0 atom stereocenters. The van der Waals surface area contributed by atoms with Gasteiger partial charge in [0.15, 0.2) is 0 Å². The van der Waals surface area contributed by atoms with E-state index in [-0.39, 0.29) is 0 Å². The topological polar surface area (TPSA) is 47.0 Å². The second kappa shape index (κ2) is 5.27. The highest BCUT2D eigenvalue weighted by atomic mass is 16.5. The molecule has 0 amide bonds. The SMILES string of the molecule is C=CCOc1cnc(CNC)cn1. The first-order chi connectivity index (χ1) is 6.36. The number of aromatic nitrogens is 2. The average molecular weight is 179 g/mol. The fourth-order valence-electron chi connectivity index (χ4n) is 0.834. The van der Waals surface area contributed by atoms with Crippen molar-refractivity contribution in [2.45, 2.75) is 6.54 Å². The standard InChI is InChI=1S/C9H13N3O/c1-3-4-13-9-7-11-8(5-10-2)6-12-9/h3,6-7,10H,1,4-5H2,2H3. The lowest BCUT2D eigenvalue weighted by Gasteiger charge is -2.02. The van der Waals surface area contributed by atoms with E-state index in [4.69, 9.17) is 4.74 Å². The number of ether oxygens (including phenoxy) is 1. The van der Waals surface area contributed by atoms with Crippen molar-refractivity contribution in [1.82, 2.24) is 15.3 Å². The Morgan fingerprint density at radius 2 is 2.38 bits per heavy atom. The van der Waals surface area contributed by atoms with Crippen LogP contribution in [0.25, 0.3) is 0 Å². The number of nitrogens with one attached hydrogen (secondary N) is 1. The fraction of sp³-hybridized carbons (Fsp3) is 0.333. The van der Waals surface area contributed by atoms with E-state index in [1.54, 1.807) is 18.5 Å². The zero-order valence-electron chi connectivity index (χ0n) is 7.66. The summed E-state index contributed by atoms with van der Waals surface area (Å²) in [5, 5.41) is 2.99.